The summed E-state index contributed by atoms with van der Waals surface area (Å²) in [4.78, 5) is 8.71. The van der Waals surface area contributed by atoms with Gasteiger partial charge in [-0.05, 0) is 61.9 Å². The number of guanidine groups is 1. The van der Waals surface area contributed by atoms with Crippen molar-refractivity contribution in [2.75, 3.05) is 56.6 Å². The number of methoxy groups -OCH3 is 1. The summed E-state index contributed by atoms with van der Waals surface area (Å²) in [6.45, 7) is 4.69. The molecule has 0 spiro atoms. The Kier molecular flexibility index (Phi) is 8.21. The average Bonchev–Trinajstić information content (AvgIpc) is 2.79. The van der Waals surface area contributed by atoms with Crippen LogP contribution in [0.1, 0.15) is 18.4 Å². The number of nitrogens with zero attached hydrogens (tertiary/aromatic N) is 3. The fourth-order valence-electron chi connectivity index (χ4n) is 3.62. The highest BCUT2D eigenvalue weighted by Crippen LogP contribution is 2.31. The van der Waals surface area contributed by atoms with E-state index in [0.717, 1.165) is 63.1 Å². The van der Waals surface area contributed by atoms with Gasteiger partial charge in [0.1, 0.15) is 5.75 Å². The second-order valence-electron chi connectivity index (χ2n) is 7.70. The normalized spacial score (nSPS) is 15.6. The quantitative estimate of drug-likeness (QED) is 0.362. The average molecular weight is 450 g/mol. The van der Waals surface area contributed by atoms with Gasteiger partial charge in [0.05, 0.1) is 12.7 Å². The van der Waals surface area contributed by atoms with E-state index in [-0.39, 0.29) is 0 Å². The molecule has 1 fully saturated rings. The zero-order valence-corrected chi connectivity index (χ0v) is 18.2. The SMILES string of the molecule is COc1ccc(NC(N)=NCCCCN2CCN(c3cccc(C(F)(F)F)c3)CC2)cc1. The minimum absolute atomic E-state index is 0.380. The Morgan fingerprint density at radius 3 is 2.44 bits per heavy atom. The van der Waals surface area contributed by atoms with Crippen LogP contribution >= 0.6 is 0 Å². The molecular weight excluding hydrogens is 419 g/mol. The van der Waals surface area contributed by atoms with Crippen molar-refractivity contribution in [1.29, 1.82) is 0 Å². The van der Waals surface area contributed by atoms with Crippen molar-refractivity contribution in [2.24, 2.45) is 10.7 Å². The molecule has 1 heterocycles. The molecule has 0 bridgehead atoms. The van der Waals surface area contributed by atoms with Crippen LogP contribution in [0.2, 0.25) is 0 Å². The van der Waals surface area contributed by atoms with Gasteiger partial charge in [-0.3, -0.25) is 9.89 Å². The van der Waals surface area contributed by atoms with Crippen molar-refractivity contribution in [3.8, 4) is 5.75 Å². The van der Waals surface area contributed by atoms with E-state index in [1.807, 2.05) is 29.2 Å². The van der Waals surface area contributed by atoms with Gasteiger partial charge < -0.3 is 20.7 Å². The molecule has 6 nitrogen and oxygen atoms in total. The summed E-state index contributed by atoms with van der Waals surface area (Å²) in [7, 11) is 1.62. The van der Waals surface area contributed by atoms with E-state index in [1.54, 1.807) is 13.2 Å². The molecule has 32 heavy (non-hydrogen) atoms. The molecule has 0 saturated carbocycles. The molecule has 2 aromatic rings. The van der Waals surface area contributed by atoms with E-state index < -0.39 is 11.7 Å². The first-order valence-electron chi connectivity index (χ1n) is 10.7. The first-order valence-corrected chi connectivity index (χ1v) is 10.7. The van der Waals surface area contributed by atoms with Gasteiger partial charge in [0.15, 0.2) is 5.96 Å². The predicted molar refractivity (Wildman–Crippen MR) is 122 cm³/mol. The number of alkyl halides is 3. The summed E-state index contributed by atoms with van der Waals surface area (Å²) in [6, 6.07) is 13.0. The third kappa shape index (κ3) is 7.05. The molecule has 9 heteroatoms. The Hall–Kier alpha value is -2.94. The van der Waals surface area contributed by atoms with Gasteiger partial charge in [-0.1, -0.05) is 6.07 Å². The van der Waals surface area contributed by atoms with Gasteiger partial charge in [-0.15, -0.1) is 0 Å². The third-order valence-electron chi connectivity index (χ3n) is 5.44. The zero-order chi connectivity index (χ0) is 23.0. The number of hydrogen-bond donors (Lipinski definition) is 2. The van der Waals surface area contributed by atoms with Crippen LogP contribution in [-0.4, -0.2) is 57.2 Å². The summed E-state index contributed by atoms with van der Waals surface area (Å²) < 4.78 is 43.9. The third-order valence-corrected chi connectivity index (χ3v) is 5.44. The van der Waals surface area contributed by atoms with Gasteiger partial charge in [0.25, 0.3) is 0 Å². The Bertz CT molecular complexity index is 878. The van der Waals surface area contributed by atoms with Gasteiger partial charge in [0.2, 0.25) is 0 Å². The van der Waals surface area contributed by atoms with Gasteiger partial charge in [0, 0.05) is 44.1 Å². The van der Waals surface area contributed by atoms with Crippen LogP contribution < -0.4 is 20.7 Å². The molecule has 2 aromatic carbocycles. The minimum Gasteiger partial charge on any atom is -0.497 e. The van der Waals surface area contributed by atoms with Crippen molar-refractivity contribution >= 4 is 17.3 Å². The molecule has 0 amide bonds. The molecule has 1 saturated heterocycles. The van der Waals surface area contributed by atoms with Crippen LogP contribution in [0.25, 0.3) is 0 Å². The van der Waals surface area contributed by atoms with Crippen LogP contribution in [0.3, 0.4) is 0 Å². The molecular formula is C23H30F3N5O. The highest BCUT2D eigenvalue weighted by molar-refractivity contribution is 5.92. The molecule has 0 atom stereocenters. The van der Waals surface area contributed by atoms with E-state index in [0.29, 0.717) is 18.2 Å². The molecule has 0 aliphatic carbocycles. The van der Waals surface area contributed by atoms with Crippen molar-refractivity contribution in [1.82, 2.24) is 4.90 Å². The first kappa shape index (κ1) is 23.7. The van der Waals surface area contributed by atoms with E-state index in [1.165, 1.54) is 12.1 Å². The summed E-state index contributed by atoms with van der Waals surface area (Å²) in [6.07, 6.45) is -2.41. The lowest BCUT2D eigenvalue weighted by Crippen LogP contribution is -2.46. The Morgan fingerprint density at radius 1 is 1.06 bits per heavy atom. The molecule has 0 aromatic heterocycles. The molecule has 174 valence electrons. The summed E-state index contributed by atoms with van der Waals surface area (Å²) in [5, 5.41) is 3.05. The number of unbranched alkanes of at least 4 members (excludes halogenated alkanes) is 1. The van der Waals surface area contributed by atoms with E-state index >= 15 is 0 Å². The molecule has 3 rings (SSSR count). The molecule has 3 N–H and O–H groups in total. The number of halogens is 3. The summed E-state index contributed by atoms with van der Waals surface area (Å²) >= 11 is 0. The standard InChI is InChI=1S/C23H30F3N5O/c1-32-21-9-7-19(8-10-21)29-22(27)28-11-2-3-12-30-13-15-31(16-14-30)20-6-4-5-18(17-20)23(24,25)26/h4-10,17H,2-3,11-16H2,1H3,(H3,27,28,29). The van der Waals surface area contributed by atoms with Crippen molar-refractivity contribution in [3.63, 3.8) is 0 Å². The van der Waals surface area contributed by atoms with Gasteiger partial charge in [-0.2, -0.15) is 13.2 Å². The van der Waals surface area contributed by atoms with E-state index in [2.05, 4.69) is 15.2 Å². The maximum Gasteiger partial charge on any atom is 0.416 e. The maximum absolute atomic E-state index is 12.9. The van der Waals surface area contributed by atoms with Crippen LogP contribution in [0.5, 0.6) is 5.75 Å². The molecule has 1 aliphatic rings. The number of hydrogen-bond acceptors (Lipinski definition) is 4. The maximum atomic E-state index is 12.9. The fourth-order valence-corrected chi connectivity index (χ4v) is 3.62. The number of piperazine rings is 1. The number of benzene rings is 2. The Balaban J connectivity index is 1.34. The van der Waals surface area contributed by atoms with Crippen molar-refractivity contribution in [3.05, 3.63) is 54.1 Å². The van der Waals surface area contributed by atoms with Gasteiger partial charge >= 0.3 is 6.18 Å². The second-order valence-corrected chi connectivity index (χ2v) is 7.70. The highest BCUT2D eigenvalue weighted by atomic mass is 19.4. The largest absolute Gasteiger partial charge is 0.497 e. The van der Waals surface area contributed by atoms with E-state index in [9.17, 15) is 13.2 Å². The Labute approximate surface area is 186 Å². The lowest BCUT2D eigenvalue weighted by atomic mass is 10.1. The fraction of sp³-hybridized carbons (Fsp3) is 0.435. The topological polar surface area (TPSA) is 66.1 Å². The number of anilines is 2. The predicted octanol–water partition coefficient (Wildman–Crippen LogP) is 4.04. The number of nitrogens with one attached hydrogen (secondary N) is 1. The minimum atomic E-state index is -4.31. The molecule has 1 aliphatic heterocycles. The smallest absolute Gasteiger partial charge is 0.416 e. The molecule has 0 radical (unpaired) electrons. The Morgan fingerprint density at radius 2 is 1.78 bits per heavy atom. The number of aliphatic imine (C=N–C) groups is 1. The zero-order valence-electron chi connectivity index (χ0n) is 18.2. The van der Waals surface area contributed by atoms with Crippen LogP contribution in [-0.2, 0) is 6.18 Å². The lowest BCUT2D eigenvalue weighted by molar-refractivity contribution is -0.137. The first-order chi connectivity index (χ1) is 15.3. The van der Waals surface area contributed by atoms with Crippen molar-refractivity contribution < 1.29 is 17.9 Å². The highest BCUT2D eigenvalue weighted by Gasteiger charge is 2.31. The monoisotopic (exact) mass is 449 g/mol. The van der Waals surface area contributed by atoms with Gasteiger partial charge in [-0.25, -0.2) is 0 Å². The number of rotatable bonds is 8. The van der Waals surface area contributed by atoms with E-state index in [4.69, 9.17) is 10.5 Å². The summed E-state index contributed by atoms with van der Waals surface area (Å²) in [5.74, 6) is 1.16. The lowest BCUT2D eigenvalue weighted by Gasteiger charge is -2.36. The van der Waals surface area contributed by atoms with Crippen LogP contribution in [0, 0.1) is 0 Å². The summed E-state index contributed by atoms with van der Waals surface area (Å²) in [5.41, 5.74) is 6.82. The molecule has 0 unspecified atom stereocenters. The van der Waals surface area contributed by atoms with Crippen LogP contribution in [0.4, 0.5) is 24.5 Å². The number of nitrogens with two attached hydrogens (primary N) is 1. The second kappa shape index (κ2) is 11.1. The number of ether oxygens (including phenoxy) is 1. The van der Waals surface area contributed by atoms with Crippen LogP contribution in [0.15, 0.2) is 53.5 Å². The van der Waals surface area contributed by atoms with Crippen molar-refractivity contribution in [2.45, 2.75) is 19.0 Å².